The van der Waals surface area contributed by atoms with Crippen LogP contribution in [-0.4, -0.2) is 67.2 Å². The van der Waals surface area contributed by atoms with Crippen molar-refractivity contribution in [1.82, 2.24) is 20.2 Å². The van der Waals surface area contributed by atoms with Gasteiger partial charge in [-0.2, -0.15) is 0 Å². The summed E-state index contributed by atoms with van der Waals surface area (Å²) in [4.78, 5) is 17.5. The summed E-state index contributed by atoms with van der Waals surface area (Å²) in [6.45, 7) is 5.57. The average Bonchev–Trinajstić information content (AvgIpc) is 2.72. The van der Waals surface area contributed by atoms with E-state index >= 15 is 0 Å². The van der Waals surface area contributed by atoms with Crippen LogP contribution in [0.25, 0.3) is 0 Å². The molecule has 0 bridgehead atoms. The third-order valence-electron chi connectivity index (χ3n) is 4.27. The first kappa shape index (κ1) is 21.4. The van der Waals surface area contributed by atoms with Crippen LogP contribution in [-0.2, 0) is 11.3 Å². The maximum absolute atomic E-state index is 5.72. The number of halogens is 1. The lowest BCUT2D eigenvalue weighted by Crippen LogP contribution is -2.53. The Labute approximate surface area is 177 Å². The second-order valence-corrected chi connectivity index (χ2v) is 6.04. The summed E-state index contributed by atoms with van der Waals surface area (Å²) >= 11 is 0. The molecule has 0 amide bonds. The number of nitrogens with one attached hydrogen (secondary N) is 1. The van der Waals surface area contributed by atoms with Gasteiger partial charge in [0.25, 0.3) is 0 Å². The number of guanidine groups is 1. The Morgan fingerprint density at radius 3 is 2.44 bits per heavy atom. The summed E-state index contributed by atoms with van der Waals surface area (Å²) in [6.07, 6.45) is 3.56. The summed E-state index contributed by atoms with van der Waals surface area (Å²) in [5, 5.41) is 3.38. The molecule has 0 atom stereocenters. The van der Waals surface area contributed by atoms with Crippen LogP contribution in [0.5, 0.6) is 0 Å². The smallest absolute Gasteiger partial charge is 0.225 e. The van der Waals surface area contributed by atoms with Crippen LogP contribution in [0.4, 0.5) is 5.95 Å². The zero-order valence-electron chi connectivity index (χ0n) is 15.6. The number of rotatable bonds is 6. The first-order chi connectivity index (χ1) is 12.9. The van der Waals surface area contributed by atoms with Crippen LogP contribution in [0.2, 0.25) is 0 Å². The van der Waals surface area contributed by atoms with Crippen LogP contribution >= 0.6 is 24.0 Å². The molecular weight excluding hydrogens is 455 g/mol. The fourth-order valence-corrected chi connectivity index (χ4v) is 2.90. The predicted octanol–water partition coefficient (Wildman–Crippen LogP) is 2.01. The summed E-state index contributed by atoms with van der Waals surface area (Å²) < 4.78 is 5.72. The van der Waals surface area contributed by atoms with Crippen LogP contribution in [0.3, 0.4) is 0 Å². The van der Waals surface area contributed by atoms with Crippen molar-refractivity contribution in [3.63, 3.8) is 0 Å². The van der Waals surface area contributed by atoms with E-state index < -0.39 is 0 Å². The Balaban J connectivity index is 0.00000261. The molecule has 2 heterocycles. The Bertz CT molecular complexity index is 677. The number of nitrogens with zero attached hydrogens (tertiary/aromatic N) is 5. The highest BCUT2D eigenvalue weighted by molar-refractivity contribution is 14.0. The molecule has 1 aromatic carbocycles. The van der Waals surface area contributed by atoms with E-state index in [0.717, 1.165) is 44.6 Å². The van der Waals surface area contributed by atoms with E-state index in [9.17, 15) is 0 Å². The molecule has 0 radical (unpaired) electrons. The van der Waals surface area contributed by atoms with E-state index in [0.29, 0.717) is 13.2 Å². The summed E-state index contributed by atoms with van der Waals surface area (Å²) in [5.74, 6) is 1.71. The van der Waals surface area contributed by atoms with Crippen molar-refractivity contribution in [2.75, 3.05) is 51.3 Å². The Hall–Kier alpha value is -1.94. The number of aromatic nitrogens is 2. The molecule has 27 heavy (non-hydrogen) atoms. The first-order valence-electron chi connectivity index (χ1n) is 8.96. The summed E-state index contributed by atoms with van der Waals surface area (Å²) in [6, 6.07) is 12.0. The van der Waals surface area contributed by atoms with E-state index in [1.807, 2.05) is 31.3 Å². The topological polar surface area (TPSA) is 65.9 Å². The molecule has 2 aromatic rings. The molecule has 1 N–H and O–H groups in total. The number of ether oxygens (including phenoxy) is 1. The molecule has 3 rings (SSSR count). The molecule has 0 saturated carbocycles. The number of hydrogen-bond donors (Lipinski definition) is 1. The lowest BCUT2D eigenvalue weighted by atomic mass is 10.2. The monoisotopic (exact) mass is 482 g/mol. The molecular formula is C19H27IN6O. The molecule has 146 valence electrons. The van der Waals surface area contributed by atoms with Crippen LogP contribution < -0.4 is 10.2 Å². The lowest BCUT2D eigenvalue weighted by Gasteiger charge is -2.36. The summed E-state index contributed by atoms with van der Waals surface area (Å²) in [5.41, 5.74) is 1.19. The van der Waals surface area contributed by atoms with Crippen molar-refractivity contribution >= 4 is 35.9 Å². The number of aliphatic imine (C=N–C) groups is 1. The van der Waals surface area contributed by atoms with E-state index in [1.165, 1.54) is 5.56 Å². The molecule has 0 unspecified atom stereocenters. The fourth-order valence-electron chi connectivity index (χ4n) is 2.90. The van der Waals surface area contributed by atoms with Gasteiger partial charge in [0.2, 0.25) is 5.95 Å². The lowest BCUT2D eigenvalue weighted by molar-refractivity contribution is 0.125. The average molecular weight is 482 g/mol. The number of hydrogen-bond acceptors (Lipinski definition) is 5. The van der Waals surface area contributed by atoms with Gasteiger partial charge >= 0.3 is 0 Å². The molecule has 1 aliphatic heterocycles. The summed E-state index contributed by atoms with van der Waals surface area (Å²) in [7, 11) is 1.82. The van der Waals surface area contributed by atoms with Crippen LogP contribution in [0.1, 0.15) is 5.56 Å². The molecule has 0 spiro atoms. The van der Waals surface area contributed by atoms with Gasteiger partial charge in [-0.1, -0.05) is 30.3 Å². The molecule has 1 fully saturated rings. The van der Waals surface area contributed by atoms with Crippen molar-refractivity contribution in [2.24, 2.45) is 4.99 Å². The van der Waals surface area contributed by atoms with E-state index in [2.05, 4.69) is 42.2 Å². The van der Waals surface area contributed by atoms with Gasteiger partial charge in [-0.3, -0.25) is 4.99 Å². The number of benzene rings is 1. The van der Waals surface area contributed by atoms with Crippen LogP contribution in [0.15, 0.2) is 53.8 Å². The first-order valence-corrected chi connectivity index (χ1v) is 8.96. The highest BCUT2D eigenvalue weighted by Gasteiger charge is 2.20. The normalized spacial score (nSPS) is 14.6. The number of piperazine rings is 1. The Kier molecular flexibility index (Phi) is 9.26. The van der Waals surface area contributed by atoms with Gasteiger partial charge in [-0.15, -0.1) is 24.0 Å². The quantitative estimate of drug-likeness (QED) is 0.294. The predicted molar refractivity (Wildman–Crippen MR) is 119 cm³/mol. The highest BCUT2D eigenvalue weighted by atomic mass is 127. The highest BCUT2D eigenvalue weighted by Crippen LogP contribution is 2.09. The van der Waals surface area contributed by atoms with E-state index in [4.69, 9.17) is 4.74 Å². The second kappa shape index (κ2) is 11.7. The van der Waals surface area contributed by atoms with Crippen molar-refractivity contribution in [2.45, 2.75) is 6.61 Å². The number of anilines is 1. The van der Waals surface area contributed by atoms with Gasteiger partial charge in [-0.05, 0) is 11.6 Å². The minimum atomic E-state index is 0. The zero-order valence-corrected chi connectivity index (χ0v) is 18.0. The molecule has 1 aliphatic rings. The van der Waals surface area contributed by atoms with Gasteiger partial charge in [0.1, 0.15) is 0 Å². The zero-order chi connectivity index (χ0) is 18.0. The Morgan fingerprint density at radius 2 is 1.78 bits per heavy atom. The third kappa shape index (κ3) is 6.62. The van der Waals surface area contributed by atoms with Gasteiger partial charge < -0.3 is 19.9 Å². The van der Waals surface area contributed by atoms with Gasteiger partial charge in [0, 0.05) is 52.2 Å². The van der Waals surface area contributed by atoms with Gasteiger partial charge in [-0.25, -0.2) is 9.97 Å². The molecule has 1 saturated heterocycles. The van der Waals surface area contributed by atoms with E-state index in [1.54, 1.807) is 12.4 Å². The van der Waals surface area contributed by atoms with Crippen molar-refractivity contribution in [1.29, 1.82) is 0 Å². The van der Waals surface area contributed by atoms with Crippen molar-refractivity contribution in [3.8, 4) is 0 Å². The minimum absolute atomic E-state index is 0. The minimum Gasteiger partial charge on any atom is -0.375 e. The SMILES string of the molecule is CN=C(NCCOCc1ccccc1)N1CCN(c2ncccn2)CC1.I. The second-order valence-electron chi connectivity index (χ2n) is 6.04. The van der Waals surface area contributed by atoms with Crippen molar-refractivity contribution < 1.29 is 4.74 Å². The largest absolute Gasteiger partial charge is 0.375 e. The fraction of sp³-hybridized carbons (Fsp3) is 0.421. The Morgan fingerprint density at radius 1 is 1.07 bits per heavy atom. The standard InChI is InChI=1S/C19H26N6O.HI/c1-20-18(23-10-15-26-16-17-6-3-2-4-7-17)24-11-13-25(14-12-24)19-21-8-5-9-22-19;/h2-9H,10-16H2,1H3,(H,20,23);1H. The maximum Gasteiger partial charge on any atom is 0.225 e. The van der Waals surface area contributed by atoms with Crippen LogP contribution in [0, 0.1) is 0 Å². The maximum atomic E-state index is 5.72. The van der Waals surface area contributed by atoms with Gasteiger partial charge in [0.05, 0.1) is 13.2 Å². The molecule has 0 aliphatic carbocycles. The molecule has 8 heteroatoms. The van der Waals surface area contributed by atoms with Crippen molar-refractivity contribution in [3.05, 3.63) is 54.4 Å². The van der Waals surface area contributed by atoms with Gasteiger partial charge in [0.15, 0.2) is 5.96 Å². The molecule has 7 nitrogen and oxygen atoms in total. The third-order valence-corrected chi connectivity index (χ3v) is 4.27. The van der Waals surface area contributed by atoms with E-state index in [-0.39, 0.29) is 24.0 Å². The molecule has 1 aromatic heterocycles.